The third kappa shape index (κ3) is 1.84. The summed E-state index contributed by atoms with van der Waals surface area (Å²) in [6.45, 7) is 1.86. The van der Waals surface area contributed by atoms with Gasteiger partial charge in [0.15, 0.2) is 5.65 Å². The Balaban J connectivity index is 1.90. The summed E-state index contributed by atoms with van der Waals surface area (Å²) >= 11 is 1.43. The number of fused-ring (bicyclic) bond motifs is 1. The number of aromatic nitrogens is 4. The number of thiazole rings is 1. The molecule has 0 spiro atoms. The van der Waals surface area contributed by atoms with E-state index >= 15 is 0 Å². The fourth-order valence-electron chi connectivity index (χ4n) is 1.56. The number of nitrogens with one attached hydrogen (secondary N) is 1. The van der Waals surface area contributed by atoms with Crippen LogP contribution in [0.25, 0.3) is 5.65 Å². The van der Waals surface area contributed by atoms with Crippen molar-refractivity contribution in [2.45, 2.75) is 6.92 Å². The Kier molecular flexibility index (Phi) is 2.52. The van der Waals surface area contributed by atoms with E-state index in [-0.39, 0.29) is 5.91 Å². The fourth-order valence-corrected chi connectivity index (χ4v) is 2.15. The number of hydrogen-bond donors (Lipinski definition) is 1. The highest BCUT2D eigenvalue weighted by atomic mass is 32.1. The first-order valence-electron chi connectivity index (χ1n) is 5.27. The molecule has 0 saturated heterocycles. The van der Waals surface area contributed by atoms with Crippen molar-refractivity contribution >= 4 is 28.8 Å². The lowest BCUT2D eigenvalue weighted by Gasteiger charge is -2.00. The summed E-state index contributed by atoms with van der Waals surface area (Å²) in [5.74, 6) is 0.110. The number of carbonyl (C=O) groups is 1. The zero-order chi connectivity index (χ0) is 12.5. The highest BCUT2D eigenvalue weighted by molar-refractivity contribution is 7.09. The van der Waals surface area contributed by atoms with Crippen LogP contribution in [-0.4, -0.2) is 25.5 Å². The summed E-state index contributed by atoms with van der Waals surface area (Å²) in [6, 6.07) is 5.52. The molecule has 3 aromatic rings. The number of aryl methyl sites for hydroxylation is 1. The van der Waals surface area contributed by atoms with Gasteiger partial charge in [-0.05, 0) is 19.1 Å². The molecule has 7 heteroatoms. The number of pyridine rings is 1. The molecule has 90 valence electrons. The second-order valence-corrected chi connectivity index (χ2v) is 4.72. The lowest BCUT2D eigenvalue weighted by Crippen LogP contribution is -2.14. The molecule has 0 aliphatic carbocycles. The molecule has 3 rings (SSSR count). The van der Waals surface area contributed by atoms with Gasteiger partial charge in [-0.3, -0.25) is 14.5 Å². The van der Waals surface area contributed by atoms with E-state index in [1.165, 1.54) is 11.3 Å². The van der Waals surface area contributed by atoms with Crippen molar-refractivity contribution in [1.82, 2.24) is 19.6 Å². The average molecular weight is 259 g/mol. The molecular formula is C11H9N5OS. The van der Waals surface area contributed by atoms with E-state index in [4.69, 9.17) is 0 Å². The molecule has 0 saturated carbocycles. The van der Waals surface area contributed by atoms with Crippen LogP contribution >= 0.6 is 11.3 Å². The molecule has 6 nitrogen and oxygen atoms in total. The number of anilines is 1. The molecule has 1 amide bonds. The van der Waals surface area contributed by atoms with Gasteiger partial charge in [-0.25, -0.2) is 4.98 Å². The molecule has 0 aliphatic rings. The first-order chi connectivity index (χ1) is 8.74. The van der Waals surface area contributed by atoms with Gasteiger partial charge in [0.05, 0.1) is 5.01 Å². The smallest absolute Gasteiger partial charge is 0.277 e. The molecule has 1 N–H and O–H groups in total. The average Bonchev–Trinajstić information content (AvgIpc) is 2.97. The Morgan fingerprint density at radius 1 is 1.39 bits per heavy atom. The number of hydrogen-bond acceptors (Lipinski definition) is 5. The molecule has 18 heavy (non-hydrogen) atoms. The Labute approximate surface area is 106 Å². The largest absolute Gasteiger partial charge is 0.289 e. The minimum Gasteiger partial charge on any atom is -0.289 e. The molecule has 0 aromatic carbocycles. The molecule has 0 fully saturated rings. The molecule has 0 unspecified atom stereocenters. The van der Waals surface area contributed by atoms with E-state index in [9.17, 15) is 4.79 Å². The van der Waals surface area contributed by atoms with Gasteiger partial charge in [0.1, 0.15) is 5.69 Å². The lowest BCUT2D eigenvalue weighted by molar-refractivity contribution is 0.102. The summed E-state index contributed by atoms with van der Waals surface area (Å²) in [5, 5.41) is 13.1. The quantitative estimate of drug-likeness (QED) is 0.761. The third-order valence-corrected chi connectivity index (χ3v) is 3.16. The van der Waals surface area contributed by atoms with E-state index in [0.29, 0.717) is 17.3 Å². The monoisotopic (exact) mass is 259 g/mol. The first kappa shape index (κ1) is 10.8. The van der Waals surface area contributed by atoms with Gasteiger partial charge in [0.25, 0.3) is 5.91 Å². The molecule has 3 aromatic heterocycles. The van der Waals surface area contributed by atoms with E-state index in [0.717, 1.165) is 5.01 Å². The molecule has 3 heterocycles. The predicted molar refractivity (Wildman–Crippen MR) is 67.8 cm³/mol. The Morgan fingerprint density at radius 2 is 2.28 bits per heavy atom. The van der Waals surface area contributed by atoms with Crippen LogP contribution in [0.5, 0.6) is 0 Å². The van der Waals surface area contributed by atoms with Crippen LogP contribution in [0.1, 0.15) is 15.5 Å². The maximum Gasteiger partial charge on any atom is 0.277 e. The van der Waals surface area contributed by atoms with Crippen LogP contribution in [0.3, 0.4) is 0 Å². The fraction of sp³-hybridized carbons (Fsp3) is 0.0909. The van der Waals surface area contributed by atoms with Crippen LogP contribution in [0.15, 0.2) is 29.8 Å². The minimum absolute atomic E-state index is 0.280. The van der Waals surface area contributed by atoms with Crippen LogP contribution in [0.2, 0.25) is 0 Å². The summed E-state index contributed by atoms with van der Waals surface area (Å²) in [4.78, 5) is 16.0. The van der Waals surface area contributed by atoms with E-state index in [1.807, 2.05) is 25.1 Å². The highest BCUT2D eigenvalue weighted by Gasteiger charge is 2.13. The predicted octanol–water partition coefficient (Wildman–Crippen LogP) is 1.75. The van der Waals surface area contributed by atoms with Crippen LogP contribution < -0.4 is 5.32 Å². The lowest BCUT2D eigenvalue weighted by atomic mass is 10.4. The standard InChI is InChI=1S/C11H9N5OS/c1-7-12-8(6-18-7)10(17)13-11-15-14-9-4-2-3-5-16(9)11/h2-6H,1H3,(H,13,15,17). The Hall–Kier alpha value is -2.28. The maximum atomic E-state index is 11.9. The zero-order valence-corrected chi connectivity index (χ0v) is 10.3. The van der Waals surface area contributed by atoms with Gasteiger partial charge in [-0.1, -0.05) is 6.07 Å². The normalized spacial score (nSPS) is 10.7. The van der Waals surface area contributed by atoms with Crippen molar-refractivity contribution in [2.24, 2.45) is 0 Å². The molecule has 0 atom stereocenters. The molecule has 0 radical (unpaired) electrons. The van der Waals surface area contributed by atoms with Gasteiger partial charge in [-0.2, -0.15) is 0 Å². The summed E-state index contributed by atoms with van der Waals surface area (Å²) in [6.07, 6.45) is 1.79. The van der Waals surface area contributed by atoms with E-state index < -0.39 is 0 Å². The number of rotatable bonds is 2. The van der Waals surface area contributed by atoms with Crippen molar-refractivity contribution in [2.75, 3.05) is 5.32 Å². The zero-order valence-electron chi connectivity index (χ0n) is 9.49. The Morgan fingerprint density at radius 3 is 3.06 bits per heavy atom. The van der Waals surface area contributed by atoms with Crippen molar-refractivity contribution in [3.05, 3.63) is 40.5 Å². The molecular weight excluding hydrogens is 250 g/mol. The topological polar surface area (TPSA) is 72.2 Å². The van der Waals surface area contributed by atoms with Crippen LogP contribution in [-0.2, 0) is 0 Å². The first-order valence-corrected chi connectivity index (χ1v) is 6.15. The van der Waals surface area contributed by atoms with Crippen molar-refractivity contribution < 1.29 is 4.79 Å². The molecule has 0 bridgehead atoms. The molecule has 0 aliphatic heterocycles. The van der Waals surface area contributed by atoms with Gasteiger partial charge in [0.2, 0.25) is 5.95 Å². The SMILES string of the molecule is Cc1nc(C(=O)Nc2nnc3ccccn23)cs1. The second kappa shape index (κ2) is 4.19. The van der Waals surface area contributed by atoms with Crippen LogP contribution in [0.4, 0.5) is 5.95 Å². The maximum absolute atomic E-state index is 11.9. The Bertz CT molecular complexity index is 717. The van der Waals surface area contributed by atoms with Crippen molar-refractivity contribution in [1.29, 1.82) is 0 Å². The van der Waals surface area contributed by atoms with Crippen molar-refractivity contribution in [3.8, 4) is 0 Å². The third-order valence-electron chi connectivity index (χ3n) is 2.39. The number of amides is 1. The summed E-state index contributed by atoms with van der Waals surface area (Å²) in [7, 11) is 0. The van der Waals surface area contributed by atoms with Gasteiger partial charge in [0, 0.05) is 11.6 Å². The summed E-state index contributed by atoms with van der Waals surface area (Å²) in [5.41, 5.74) is 1.08. The van der Waals surface area contributed by atoms with Gasteiger partial charge >= 0.3 is 0 Å². The highest BCUT2D eigenvalue weighted by Crippen LogP contribution is 2.11. The van der Waals surface area contributed by atoms with E-state index in [2.05, 4.69) is 20.5 Å². The van der Waals surface area contributed by atoms with Crippen molar-refractivity contribution in [3.63, 3.8) is 0 Å². The second-order valence-electron chi connectivity index (χ2n) is 3.66. The van der Waals surface area contributed by atoms with E-state index in [1.54, 1.807) is 16.0 Å². The van der Waals surface area contributed by atoms with Gasteiger partial charge in [-0.15, -0.1) is 21.5 Å². The summed E-state index contributed by atoms with van der Waals surface area (Å²) < 4.78 is 1.71. The number of carbonyl (C=O) groups excluding carboxylic acids is 1. The number of nitrogens with zero attached hydrogens (tertiary/aromatic N) is 4. The van der Waals surface area contributed by atoms with Crippen LogP contribution in [0, 0.1) is 6.92 Å². The minimum atomic E-state index is -0.280. The van der Waals surface area contributed by atoms with Gasteiger partial charge < -0.3 is 0 Å².